The lowest BCUT2D eigenvalue weighted by Crippen LogP contribution is -2.26. The highest BCUT2D eigenvalue weighted by molar-refractivity contribution is 7.90. The lowest BCUT2D eigenvalue weighted by molar-refractivity contribution is 0.0953. The maximum absolute atomic E-state index is 12.1. The predicted molar refractivity (Wildman–Crippen MR) is 84.4 cm³/mol. The Hall–Kier alpha value is -1.63. The number of hydrogen-bond donors (Lipinski definition) is 2. The topological polar surface area (TPSA) is 88.2 Å². The van der Waals surface area contributed by atoms with Gasteiger partial charge in [-0.25, -0.2) is 13.4 Å². The summed E-state index contributed by atoms with van der Waals surface area (Å²) in [7, 11) is -1.23. The Balaban J connectivity index is 2.66. The molecule has 1 amide bonds. The van der Waals surface area contributed by atoms with Gasteiger partial charge in [0.25, 0.3) is 5.91 Å². The molecule has 0 spiro atoms. The smallest absolute Gasteiger partial charge is 0.251 e. The van der Waals surface area contributed by atoms with Crippen LogP contribution in [0.3, 0.4) is 0 Å². The van der Waals surface area contributed by atoms with Crippen LogP contribution in [0.1, 0.15) is 35.8 Å². The highest BCUT2D eigenvalue weighted by atomic mass is 32.2. The van der Waals surface area contributed by atoms with Crippen molar-refractivity contribution in [2.24, 2.45) is 0 Å². The third-order valence-corrected chi connectivity index (χ3v) is 3.91. The van der Waals surface area contributed by atoms with Crippen LogP contribution in [0.2, 0.25) is 0 Å². The second-order valence-electron chi connectivity index (χ2n) is 4.97. The Bertz CT molecular complexity index is 585. The number of aromatic nitrogens is 1. The summed E-state index contributed by atoms with van der Waals surface area (Å²) in [5, 5.41) is 5.67. The third kappa shape index (κ3) is 6.57. The van der Waals surface area contributed by atoms with Crippen LogP contribution in [0.4, 0.5) is 5.82 Å². The zero-order valence-corrected chi connectivity index (χ0v) is 13.6. The highest BCUT2D eigenvalue weighted by Gasteiger charge is 2.09. The molecule has 0 fully saturated rings. The molecule has 0 bridgehead atoms. The molecule has 1 rings (SSSR count). The molecule has 0 aliphatic carbocycles. The summed E-state index contributed by atoms with van der Waals surface area (Å²) in [4.78, 5) is 16.5. The molecule has 2 N–H and O–H groups in total. The second kappa shape index (κ2) is 7.97. The molecule has 0 saturated carbocycles. The van der Waals surface area contributed by atoms with E-state index < -0.39 is 9.84 Å². The lowest BCUT2D eigenvalue weighted by atomic mass is 10.1. The molecule has 7 heteroatoms. The van der Waals surface area contributed by atoms with Gasteiger partial charge in [-0.1, -0.05) is 13.3 Å². The molecule has 0 aromatic carbocycles. The maximum atomic E-state index is 12.1. The molecular formula is C14H23N3O3S. The Morgan fingerprint density at radius 3 is 2.62 bits per heavy atom. The Kier molecular flexibility index (Phi) is 6.61. The summed E-state index contributed by atoms with van der Waals surface area (Å²) in [5.41, 5.74) is 1.41. The first-order chi connectivity index (χ1) is 9.85. The largest absolute Gasteiger partial charge is 0.373 e. The van der Waals surface area contributed by atoms with Crippen LogP contribution >= 0.6 is 0 Å². The SMILES string of the molecule is CCCc1cc(C(=O)NCCCS(C)(=O)=O)cc(NC)n1. The summed E-state index contributed by atoms with van der Waals surface area (Å²) in [6, 6.07) is 3.46. The molecule has 1 aromatic heterocycles. The molecule has 0 aliphatic heterocycles. The number of nitrogens with zero attached hydrogens (tertiary/aromatic N) is 1. The molecule has 0 saturated heterocycles. The normalized spacial score (nSPS) is 11.2. The van der Waals surface area contributed by atoms with Gasteiger partial charge in [-0.05, 0) is 25.0 Å². The van der Waals surface area contributed by atoms with E-state index in [9.17, 15) is 13.2 Å². The van der Waals surface area contributed by atoms with E-state index >= 15 is 0 Å². The second-order valence-corrected chi connectivity index (χ2v) is 7.23. The van der Waals surface area contributed by atoms with E-state index in [1.807, 2.05) is 0 Å². The number of rotatable bonds is 8. The number of carbonyl (C=O) groups excluding carboxylic acids is 1. The first-order valence-corrected chi connectivity index (χ1v) is 9.06. The molecule has 118 valence electrons. The van der Waals surface area contributed by atoms with Crippen molar-refractivity contribution >= 4 is 21.6 Å². The van der Waals surface area contributed by atoms with Gasteiger partial charge in [0.15, 0.2) is 0 Å². The summed E-state index contributed by atoms with van der Waals surface area (Å²) in [6.07, 6.45) is 3.36. The Morgan fingerprint density at radius 2 is 2.05 bits per heavy atom. The van der Waals surface area contributed by atoms with Crippen LogP contribution in [-0.4, -0.2) is 44.9 Å². The number of sulfone groups is 1. The number of nitrogens with one attached hydrogen (secondary N) is 2. The van der Waals surface area contributed by atoms with Gasteiger partial charge in [-0.2, -0.15) is 0 Å². The van der Waals surface area contributed by atoms with E-state index in [1.165, 1.54) is 6.26 Å². The van der Waals surface area contributed by atoms with E-state index in [2.05, 4.69) is 22.5 Å². The first kappa shape index (κ1) is 17.4. The van der Waals surface area contributed by atoms with Crippen molar-refractivity contribution in [3.63, 3.8) is 0 Å². The molecule has 0 radical (unpaired) electrons. The number of pyridine rings is 1. The molecule has 0 unspecified atom stereocenters. The van der Waals surface area contributed by atoms with Gasteiger partial charge < -0.3 is 10.6 Å². The van der Waals surface area contributed by atoms with Gasteiger partial charge in [0.05, 0.1) is 5.75 Å². The molecule has 0 atom stereocenters. The van der Waals surface area contributed by atoms with Crippen LogP contribution in [0.5, 0.6) is 0 Å². The van der Waals surface area contributed by atoms with Crippen LogP contribution in [0, 0.1) is 0 Å². The minimum absolute atomic E-state index is 0.0759. The fourth-order valence-corrected chi connectivity index (χ4v) is 2.54. The van der Waals surface area contributed by atoms with Crippen molar-refractivity contribution in [2.75, 3.05) is 30.9 Å². The van der Waals surface area contributed by atoms with Crippen LogP contribution in [0.15, 0.2) is 12.1 Å². The van der Waals surface area contributed by atoms with Crippen molar-refractivity contribution in [1.29, 1.82) is 0 Å². The van der Waals surface area contributed by atoms with Crippen molar-refractivity contribution in [3.8, 4) is 0 Å². The average Bonchev–Trinajstić information content (AvgIpc) is 2.42. The van der Waals surface area contributed by atoms with Gasteiger partial charge in [-0.3, -0.25) is 4.79 Å². The molecule has 0 aliphatic rings. The van der Waals surface area contributed by atoms with Crippen molar-refractivity contribution in [1.82, 2.24) is 10.3 Å². The maximum Gasteiger partial charge on any atom is 0.251 e. The van der Waals surface area contributed by atoms with Gasteiger partial charge >= 0.3 is 0 Å². The monoisotopic (exact) mass is 313 g/mol. The van der Waals surface area contributed by atoms with Gasteiger partial charge in [-0.15, -0.1) is 0 Å². The van der Waals surface area contributed by atoms with E-state index in [0.717, 1.165) is 18.5 Å². The fraction of sp³-hybridized carbons (Fsp3) is 0.571. The van der Waals surface area contributed by atoms with Gasteiger partial charge in [0, 0.05) is 31.1 Å². The van der Waals surface area contributed by atoms with Crippen LogP contribution < -0.4 is 10.6 Å². The lowest BCUT2D eigenvalue weighted by Gasteiger charge is -2.09. The first-order valence-electron chi connectivity index (χ1n) is 7.00. The summed E-state index contributed by atoms with van der Waals surface area (Å²) < 4.78 is 22.0. The van der Waals surface area contributed by atoms with E-state index in [4.69, 9.17) is 0 Å². The fourth-order valence-electron chi connectivity index (χ4n) is 1.87. The average molecular weight is 313 g/mol. The summed E-state index contributed by atoms with van der Waals surface area (Å²) >= 11 is 0. The molecular weight excluding hydrogens is 290 g/mol. The van der Waals surface area contributed by atoms with Gasteiger partial charge in [0.2, 0.25) is 0 Å². The highest BCUT2D eigenvalue weighted by Crippen LogP contribution is 2.11. The number of aryl methyl sites for hydroxylation is 1. The summed E-state index contributed by atoms with van der Waals surface area (Å²) in [6.45, 7) is 2.39. The molecule has 1 heterocycles. The van der Waals surface area contributed by atoms with Crippen molar-refractivity contribution in [3.05, 3.63) is 23.4 Å². The molecule has 1 aromatic rings. The number of amides is 1. The van der Waals surface area contributed by atoms with Gasteiger partial charge in [0.1, 0.15) is 15.7 Å². The number of anilines is 1. The zero-order chi connectivity index (χ0) is 15.9. The third-order valence-electron chi connectivity index (χ3n) is 2.88. The Morgan fingerprint density at radius 1 is 1.33 bits per heavy atom. The van der Waals surface area contributed by atoms with Crippen molar-refractivity contribution < 1.29 is 13.2 Å². The van der Waals surface area contributed by atoms with Crippen LogP contribution in [-0.2, 0) is 16.3 Å². The van der Waals surface area contributed by atoms with E-state index in [-0.39, 0.29) is 11.7 Å². The standard InChI is InChI=1S/C14H23N3O3S/c1-4-6-12-9-11(10-13(15-2)17-12)14(18)16-7-5-8-21(3,19)20/h9-10H,4-8H2,1-3H3,(H,15,17)(H,16,18). The van der Waals surface area contributed by atoms with E-state index in [0.29, 0.717) is 24.3 Å². The van der Waals surface area contributed by atoms with E-state index in [1.54, 1.807) is 19.2 Å². The predicted octanol–water partition coefficient (Wildman–Crippen LogP) is 1.24. The quantitative estimate of drug-likeness (QED) is 0.705. The minimum atomic E-state index is -2.98. The zero-order valence-electron chi connectivity index (χ0n) is 12.8. The number of carbonyl (C=O) groups is 1. The number of hydrogen-bond acceptors (Lipinski definition) is 5. The van der Waals surface area contributed by atoms with Crippen LogP contribution in [0.25, 0.3) is 0 Å². The minimum Gasteiger partial charge on any atom is -0.373 e. The molecule has 6 nitrogen and oxygen atoms in total. The summed E-state index contributed by atoms with van der Waals surface area (Å²) in [5.74, 6) is 0.522. The molecule has 21 heavy (non-hydrogen) atoms. The Labute approximate surface area is 126 Å². The van der Waals surface area contributed by atoms with Crippen molar-refractivity contribution in [2.45, 2.75) is 26.2 Å².